The van der Waals surface area contributed by atoms with Crippen molar-refractivity contribution in [2.75, 3.05) is 13.1 Å². The van der Waals surface area contributed by atoms with Crippen LogP contribution in [0.3, 0.4) is 0 Å². The van der Waals surface area contributed by atoms with Crippen molar-refractivity contribution in [3.8, 4) is 0 Å². The molecule has 0 amide bonds. The van der Waals surface area contributed by atoms with Crippen LogP contribution in [0.5, 0.6) is 0 Å². The van der Waals surface area contributed by atoms with Gasteiger partial charge >= 0.3 is 6.18 Å². The van der Waals surface area contributed by atoms with Crippen molar-refractivity contribution in [2.45, 2.75) is 44.7 Å². The standard InChI is InChI=1S/C21H23BrF3IN3P/c1-3-19(30-26)28-11-17-13(2)4-6-16-15(17)8-9-29(12-21(23,24)25)20(16)14-5-7-18(22)27-10-14/h4-7,10-11,19-20,30H,3,8-9,12H2,1-2H3/b28-11-. The molecule has 0 bridgehead atoms. The number of aryl methyl sites for hydroxylation is 1. The van der Waals surface area contributed by atoms with Gasteiger partial charge in [-0.15, -0.1) is 0 Å². The molecule has 0 saturated carbocycles. The molecule has 3 atom stereocenters. The lowest BCUT2D eigenvalue weighted by Crippen LogP contribution is -2.42. The summed E-state index contributed by atoms with van der Waals surface area (Å²) >= 11 is 5.67. The molecule has 3 rings (SSSR count). The Morgan fingerprint density at radius 2 is 2.13 bits per heavy atom. The second kappa shape index (κ2) is 10.4. The van der Waals surface area contributed by atoms with Crippen LogP contribution in [0.15, 0.2) is 40.1 Å². The highest BCUT2D eigenvalue weighted by molar-refractivity contribution is 14.2. The molecular formula is C21H23BrF3IN3P. The smallest absolute Gasteiger partial charge is 0.284 e. The molecule has 9 heteroatoms. The number of aromatic nitrogens is 1. The lowest BCUT2D eigenvalue weighted by Gasteiger charge is -2.38. The number of aliphatic imine (C=N–C) groups is 1. The van der Waals surface area contributed by atoms with E-state index in [1.165, 1.54) is 4.90 Å². The molecule has 0 aliphatic carbocycles. The number of halogens is 5. The van der Waals surface area contributed by atoms with E-state index in [0.29, 0.717) is 23.8 Å². The van der Waals surface area contributed by atoms with Crippen LogP contribution in [-0.2, 0) is 6.42 Å². The van der Waals surface area contributed by atoms with Gasteiger partial charge in [-0.3, -0.25) is 9.89 Å². The zero-order valence-corrected chi connectivity index (χ0v) is 21.4. The largest absolute Gasteiger partial charge is 0.401 e. The van der Waals surface area contributed by atoms with Crippen LogP contribution in [0.4, 0.5) is 13.2 Å². The van der Waals surface area contributed by atoms with Crippen LogP contribution in [0.1, 0.15) is 47.2 Å². The lowest BCUT2D eigenvalue weighted by atomic mass is 9.84. The molecule has 1 aliphatic rings. The van der Waals surface area contributed by atoms with E-state index in [1.807, 2.05) is 31.3 Å². The van der Waals surface area contributed by atoms with Crippen LogP contribution >= 0.6 is 44.2 Å². The van der Waals surface area contributed by atoms with Crippen LogP contribution in [0.25, 0.3) is 0 Å². The average Bonchev–Trinajstić information content (AvgIpc) is 2.69. The number of pyridine rings is 1. The number of benzene rings is 1. The Balaban J connectivity index is 2.09. The lowest BCUT2D eigenvalue weighted by molar-refractivity contribution is -0.150. The van der Waals surface area contributed by atoms with Gasteiger partial charge < -0.3 is 0 Å². The molecule has 2 heterocycles. The Labute approximate surface area is 198 Å². The Hall–Kier alpha value is -0.570. The SMILES string of the molecule is CCC(/N=C\c1c(C)ccc2c1CCN(CC(F)(F)F)C2c1ccc(Br)nc1)PI. The average molecular weight is 612 g/mol. The maximum absolute atomic E-state index is 13.3. The molecule has 162 valence electrons. The Kier molecular flexibility index (Phi) is 8.32. The minimum absolute atomic E-state index is 0.276. The zero-order chi connectivity index (χ0) is 21.9. The van der Waals surface area contributed by atoms with Crippen molar-refractivity contribution < 1.29 is 13.2 Å². The van der Waals surface area contributed by atoms with Crippen molar-refractivity contribution in [2.24, 2.45) is 4.99 Å². The van der Waals surface area contributed by atoms with Gasteiger partial charge in [0.1, 0.15) is 4.60 Å². The summed E-state index contributed by atoms with van der Waals surface area (Å²) in [6.45, 7) is 3.54. The van der Waals surface area contributed by atoms with E-state index in [9.17, 15) is 13.2 Å². The fourth-order valence-corrected chi connectivity index (χ4v) is 6.13. The molecule has 0 fully saturated rings. The van der Waals surface area contributed by atoms with Crippen LogP contribution in [0.2, 0.25) is 0 Å². The van der Waals surface area contributed by atoms with Gasteiger partial charge in [-0.25, -0.2) is 4.98 Å². The molecule has 0 spiro atoms. The summed E-state index contributed by atoms with van der Waals surface area (Å²) in [5.41, 5.74) is 4.90. The second-order valence-electron chi connectivity index (χ2n) is 7.33. The highest BCUT2D eigenvalue weighted by atomic mass is 127. The predicted molar refractivity (Wildman–Crippen MR) is 130 cm³/mol. The van der Waals surface area contributed by atoms with E-state index in [-0.39, 0.29) is 5.78 Å². The third kappa shape index (κ3) is 5.81. The summed E-state index contributed by atoms with van der Waals surface area (Å²) in [4.78, 5) is 10.5. The molecule has 3 nitrogen and oxygen atoms in total. The summed E-state index contributed by atoms with van der Waals surface area (Å²) in [5, 5.41) is 0. The zero-order valence-electron chi connectivity index (χ0n) is 16.7. The highest BCUT2D eigenvalue weighted by Crippen LogP contribution is 2.39. The van der Waals surface area contributed by atoms with Gasteiger partial charge in [-0.1, -0.05) is 47.2 Å². The minimum Gasteiger partial charge on any atom is -0.284 e. The van der Waals surface area contributed by atoms with Crippen molar-refractivity contribution in [3.63, 3.8) is 0 Å². The van der Waals surface area contributed by atoms with E-state index in [0.717, 1.165) is 34.2 Å². The maximum atomic E-state index is 13.3. The van der Waals surface area contributed by atoms with E-state index in [1.54, 1.807) is 12.3 Å². The molecule has 3 unspecified atom stereocenters. The summed E-state index contributed by atoms with van der Waals surface area (Å²) < 4.78 is 40.6. The van der Waals surface area contributed by atoms with Crippen molar-refractivity contribution in [1.82, 2.24) is 9.88 Å². The molecule has 0 N–H and O–H groups in total. The van der Waals surface area contributed by atoms with Gasteiger partial charge in [-0.2, -0.15) is 13.2 Å². The molecule has 30 heavy (non-hydrogen) atoms. The maximum Gasteiger partial charge on any atom is 0.401 e. The highest BCUT2D eigenvalue weighted by Gasteiger charge is 2.38. The Bertz CT molecular complexity index is 902. The first-order valence-electron chi connectivity index (χ1n) is 9.67. The third-order valence-electron chi connectivity index (χ3n) is 5.26. The van der Waals surface area contributed by atoms with Gasteiger partial charge in [0.05, 0.1) is 18.4 Å². The van der Waals surface area contributed by atoms with E-state index >= 15 is 0 Å². The fraction of sp³-hybridized carbons (Fsp3) is 0.429. The van der Waals surface area contributed by atoms with Crippen molar-refractivity contribution in [3.05, 3.63) is 62.9 Å². The van der Waals surface area contributed by atoms with Crippen LogP contribution < -0.4 is 0 Å². The molecule has 2 aromatic rings. The van der Waals surface area contributed by atoms with Gasteiger partial charge in [-0.05, 0) is 75.8 Å². The minimum atomic E-state index is -4.26. The number of alkyl halides is 3. The number of hydrogen-bond acceptors (Lipinski definition) is 3. The first kappa shape index (κ1) is 24.1. The predicted octanol–water partition coefficient (Wildman–Crippen LogP) is 6.85. The van der Waals surface area contributed by atoms with E-state index < -0.39 is 18.8 Å². The van der Waals surface area contributed by atoms with Crippen LogP contribution in [0, 0.1) is 6.92 Å². The molecule has 1 aromatic carbocycles. The first-order valence-corrected chi connectivity index (χ1v) is 14.7. The van der Waals surface area contributed by atoms with Gasteiger partial charge in [0, 0.05) is 19.0 Å². The monoisotopic (exact) mass is 611 g/mol. The normalized spacial score (nSPS) is 19.0. The molecule has 0 saturated heterocycles. The number of fused-ring (bicyclic) bond motifs is 1. The van der Waals surface area contributed by atoms with Gasteiger partial charge in [0.25, 0.3) is 0 Å². The quantitative estimate of drug-likeness (QED) is 0.155. The molecular weight excluding hydrogens is 589 g/mol. The summed E-state index contributed by atoms with van der Waals surface area (Å²) in [7, 11) is 0. The van der Waals surface area contributed by atoms with E-state index in [4.69, 9.17) is 4.99 Å². The van der Waals surface area contributed by atoms with Crippen molar-refractivity contribution >= 4 is 50.4 Å². The summed E-state index contributed by atoms with van der Waals surface area (Å²) in [6, 6.07) is 7.09. The van der Waals surface area contributed by atoms with Crippen molar-refractivity contribution in [1.29, 1.82) is 0 Å². The second-order valence-corrected chi connectivity index (χ2v) is 10.9. The van der Waals surface area contributed by atoms with Crippen LogP contribution in [-0.4, -0.2) is 41.1 Å². The molecule has 1 aromatic heterocycles. The molecule has 1 aliphatic heterocycles. The molecule has 0 radical (unpaired) electrons. The first-order chi connectivity index (χ1) is 14.2. The number of nitrogens with zero attached hydrogens (tertiary/aromatic N) is 3. The van der Waals surface area contributed by atoms with E-state index in [2.05, 4.69) is 49.9 Å². The van der Waals surface area contributed by atoms with Gasteiger partial charge in [0.2, 0.25) is 0 Å². The summed E-state index contributed by atoms with van der Waals surface area (Å²) in [5.74, 6) is 0.276. The Morgan fingerprint density at radius 3 is 2.73 bits per heavy atom. The fourth-order valence-electron chi connectivity index (χ4n) is 3.81. The number of rotatable bonds is 6. The Morgan fingerprint density at radius 1 is 1.37 bits per heavy atom. The topological polar surface area (TPSA) is 28.5 Å². The third-order valence-corrected chi connectivity index (χ3v) is 8.70. The summed E-state index contributed by atoms with van der Waals surface area (Å²) in [6.07, 6.45) is 1.56. The number of hydrogen-bond donors (Lipinski definition) is 0. The van der Waals surface area contributed by atoms with Gasteiger partial charge in [0.15, 0.2) is 0 Å².